The highest BCUT2D eigenvalue weighted by molar-refractivity contribution is 6.31. The predicted molar refractivity (Wildman–Crippen MR) is 58.4 cm³/mol. The molecule has 0 aliphatic rings. The summed E-state index contributed by atoms with van der Waals surface area (Å²) < 4.78 is 0.796. The van der Waals surface area contributed by atoms with Crippen LogP contribution < -0.4 is 4.73 Å². The summed E-state index contributed by atoms with van der Waals surface area (Å²) in [7, 11) is 0. The lowest BCUT2D eigenvalue weighted by Crippen LogP contribution is -2.33. The molecule has 0 aliphatic carbocycles. The summed E-state index contributed by atoms with van der Waals surface area (Å²) in [5.41, 5.74) is 1.70. The van der Waals surface area contributed by atoms with E-state index in [9.17, 15) is 5.21 Å². The number of halogens is 1. The fourth-order valence-electron chi connectivity index (χ4n) is 1.36. The Bertz CT molecular complexity index is 485. The Balaban J connectivity index is 2.68. The molecule has 0 atom stereocenters. The number of aryl methyl sites for hydroxylation is 1. The van der Waals surface area contributed by atoms with Gasteiger partial charge in [-0.15, -0.1) is 0 Å². The first-order chi connectivity index (χ1) is 7.20. The van der Waals surface area contributed by atoms with E-state index in [0.717, 1.165) is 10.3 Å². The molecule has 0 N–H and O–H groups in total. The topological polar surface area (TPSA) is 39.8 Å². The fourth-order valence-corrected chi connectivity index (χ4v) is 1.59. The lowest BCUT2D eigenvalue weighted by Gasteiger charge is -2.07. The quantitative estimate of drug-likeness (QED) is 0.547. The largest absolute Gasteiger partial charge is 0.618 e. The zero-order valence-electron chi connectivity index (χ0n) is 8.14. The predicted octanol–water partition coefficient (Wildman–Crippen LogP) is 2.34. The maximum Gasteiger partial charge on any atom is 0.261 e. The van der Waals surface area contributed by atoms with Crippen LogP contribution in [-0.2, 0) is 0 Å². The van der Waals surface area contributed by atoms with E-state index < -0.39 is 0 Å². The summed E-state index contributed by atoms with van der Waals surface area (Å²) in [5.74, 6) is 0. The van der Waals surface area contributed by atoms with E-state index in [1.807, 2.05) is 30.3 Å². The molecule has 0 fully saturated rings. The van der Waals surface area contributed by atoms with Gasteiger partial charge in [0.05, 0.1) is 11.8 Å². The van der Waals surface area contributed by atoms with Crippen LogP contribution in [0.15, 0.2) is 36.5 Å². The number of hydrogen-bond donors (Lipinski definition) is 0. The van der Waals surface area contributed by atoms with E-state index in [0.29, 0.717) is 11.4 Å². The van der Waals surface area contributed by atoms with Gasteiger partial charge >= 0.3 is 0 Å². The first-order valence-corrected chi connectivity index (χ1v) is 4.88. The third-order valence-corrected chi connectivity index (χ3v) is 2.41. The van der Waals surface area contributed by atoms with Crippen LogP contribution >= 0.6 is 11.6 Å². The van der Waals surface area contributed by atoms with Gasteiger partial charge in [-0.25, -0.2) is 4.98 Å². The van der Waals surface area contributed by atoms with E-state index in [1.54, 1.807) is 6.92 Å². The molecule has 4 heteroatoms. The second kappa shape index (κ2) is 3.87. The SMILES string of the molecule is Cc1cnc(Cl)c(-c2ccccc2)[n+]1[O-]. The number of aromatic nitrogens is 2. The third kappa shape index (κ3) is 1.78. The van der Waals surface area contributed by atoms with Gasteiger partial charge in [0.25, 0.3) is 5.69 Å². The summed E-state index contributed by atoms with van der Waals surface area (Å²) >= 11 is 5.90. The van der Waals surface area contributed by atoms with Crippen LogP contribution in [0.1, 0.15) is 5.69 Å². The van der Waals surface area contributed by atoms with Gasteiger partial charge in [0, 0.05) is 6.92 Å². The van der Waals surface area contributed by atoms with Crippen molar-refractivity contribution in [2.45, 2.75) is 6.92 Å². The Morgan fingerprint density at radius 3 is 2.60 bits per heavy atom. The molecular weight excluding hydrogens is 212 g/mol. The lowest BCUT2D eigenvalue weighted by molar-refractivity contribution is -0.601. The van der Waals surface area contributed by atoms with Crippen molar-refractivity contribution in [1.82, 2.24) is 4.98 Å². The standard InChI is InChI=1S/C11H9ClN2O/c1-8-7-13-11(12)10(14(8)15)9-5-3-2-4-6-9/h2-7H,1H3. The Morgan fingerprint density at radius 2 is 1.93 bits per heavy atom. The molecule has 0 saturated heterocycles. The third-order valence-electron chi connectivity index (χ3n) is 2.13. The highest BCUT2D eigenvalue weighted by atomic mass is 35.5. The van der Waals surface area contributed by atoms with Crippen molar-refractivity contribution in [1.29, 1.82) is 0 Å². The number of rotatable bonds is 1. The van der Waals surface area contributed by atoms with Crippen LogP contribution in [0.2, 0.25) is 5.15 Å². The van der Waals surface area contributed by atoms with Crippen molar-refractivity contribution >= 4 is 11.6 Å². The summed E-state index contributed by atoms with van der Waals surface area (Å²) in [6.45, 7) is 1.70. The Hall–Kier alpha value is -1.61. The molecule has 0 saturated carbocycles. The van der Waals surface area contributed by atoms with Crippen molar-refractivity contribution in [2.24, 2.45) is 0 Å². The molecule has 15 heavy (non-hydrogen) atoms. The van der Waals surface area contributed by atoms with Gasteiger partial charge < -0.3 is 5.21 Å². The molecule has 1 aromatic carbocycles. The van der Waals surface area contributed by atoms with E-state index >= 15 is 0 Å². The van der Waals surface area contributed by atoms with Crippen molar-refractivity contribution in [3.8, 4) is 11.3 Å². The molecule has 0 spiro atoms. The average Bonchev–Trinajstić information content (AvgIpc) is 2.26. The molecule has 1 aromatic heterocycles. The minimum atomic E-state index is 0.224. The molecule has 0 radical (unpaired) electrons. The van der Waals surface area contributed by atoms with E-state index in [2.05, 4.69) is 4.98 Å². The molecule has 0 unspecified atom stereocenters. The maximum atomic E-state index is 11.8. The summed E-state index contributed by atoms with van der Waals surface area (Å²) in [6.07, 6.45) is 1.46. The van der Waals surface area contributed by atoms with E-state index in [-0.39, 0.29) is 5.15 Å². The molecule has 1 heterocycles. The second-order valence-corrected chi connectivity index (χ2v) is 3.56. The molecule has 3 nitrogen and oxygen atoms in total. The summed E-state index contributed by atoms with van der Waals surface area (Å²) in [4.78, 5) is 3.96. The van der Waals surface area contributed by atoms with Crippen LogP contribution in [0, 0.1) is 12.1 Å². The van der Waals surface area contributed by atoms with Crippen LogP contribution in [0.25, 0.3) is 11.3 Å². The first kappa shape index (κ1) is 9.93. The maximum absolute atomic E-state index is 11.8. The number of nitrogens with zero attached hydrogens (tertiary/aromatic N) is 2. The minimum absolute atomic E-state index is 0.224. The van der Waals surface area contributed by atoms with Crippen molar-refractivity contribution in [3.05, 3.63) is 52.6 Å². The minimum Gasteiger partial charge on any atom is -0.618 e. The molecular formula is C11H9ClN2O. The van der Waals surface area contributed by atoms with Crippen LogP contribution in [-0.4, -0.2) is 4.98 Å². The molecule has 0 amide bonds. The monoisotopic (exact) mass is 220 g/mol. The Morgan fingerprint density at radius 1 is 1.27 bits per heavy atom. The molecule has 2 rings (SSSR count). The van der Waals surface area contributed by atoms with Gasteiger partial charge in [-0.05, 0) is 12.1 Å². The van der Waals surface area contributed by atoms with Gasteiger partial charge in [0.2, 0.25) is 10.8 Å². The van der Waals surface area contributed by atoms with Crippen molar-refractivity contribution in [2.75, 3.05) is 0 Å². The number of hydrogen-bond acceptors (Lipinski definition) is 2. The zero-order valence-corrected chi connectivity index (χ0v) is 8.90. The van der Waals surface area contributed by atoms with Gasteiger partial charge in [-0.1, -0.05) is 29.8 Å². The van der Waals surface area contributed by atoms with Crippen LogP contribution in [0.5, 0.6) is 0 Å². The fraction of sp³-hybridized carbons (Fsp3) is 0.0909. The zero-order chi connectivity index (χ0) is 10.8. The smallest absolute Gasteiger partial charge is 0.261 e. The Labute approximate surface area is 92.6 Å². The first-order valence-electron chi connectivity index (χ1n) is 4.50. The van der Waals surface area contributed by atoms with Crippen LogP contribution in [0.4, 0.5) is 0 Å². The molecule has 0 bridgehead atoms. The Kier molecular flexibility index (Phi) is 2.56. The van der Waals surface area contributed by atoms with Crippen molar-refractivity contribution in [3.63, 3.8) is 0 Å². The van der Waals surface area contributed by atoms with Gasteiger partial charge in [0.1, 0.15) is 0 Å². The summed E-state index contributed by atoms with van der Waals surface area (Å²) in [5, 5.41) is 12.0. The summed E-state index contributed by atoms with van der Waals surface area (Å²) in [6, 6.07) is 9.26. The molecule has 2 aromatic rings. The van der Waals surface area contributed by atoms with Crippen LogP contribution in [0.3, 0.4) is 0 Å². The van der Waals surface area contributed by atoms with Gasteiger partial charge in [0.15, 0.2) is 0 Å². The second-order valence-electron chi connectivity index (χ2n) is 3.20. The highest BCUT2D eigenvalue weighted by Gasteiger charge is 2.16. The van der Waals surface area contributed by atoms with E-state index in [1.165, 1.54) is 6.20 Å². The normalized spacial score (nSPS) is 10.3. The lowest BCUT2D eigenvalue weighted by atomic mass is 10.1. The molecule has 76 valence electrons. The van der Waals surface area contributed by atoms with Crippen molar-refractivity contribution < 1.29 is 4.73 Å². The van der Waals surface area contributed by atoms with Gasteiger partial charge in [-0.3, -0.25) is 0 Å². The number of benzene rings is 1. The van der Waals surface area contributed by atoms with Gasteiger partial charge in [-0.2, -0.15) is 4.73 Å². The van der Waals surface area contributed by atoms with E-state index in [4.69, 9.17) is 11.6 Å². The highest BCUT2D eigenvalue weighted by Crippen LogP contribution is 2.21. The molecule has 0 aliphatic heterocycles. The average molecular weight is 221 g/mol.